The molecule has 2 amide bonds. The molecular formula is C10H15N3OS. The Kier molecular flexibility index (Phi) is 2.90. The molecule has 2 rings (SSSR count). The Labute approximate surface area is 93.1 Å². The number of carbonyl (C=O) groups is 1. The molecule has 15 heavy (non-hydrogen) atoms. The summed E-state index contributed by atoms with van der Waals surface area (Å²) in [7, 11) is 0. The maximum atomic E-state index is 11.5. The fourth-order valence-electron chi connectivity index (χ4n) is 1.40. The van der Waals surface area contributed by atoms with Gasteiger partial charge in [0, 0.05) is 10.9 Å². The lowest BCUT2D eigenvalue weighted by Gasteiger charge is -2.26. The normalized spacial score (nSPS) is 15.9. The van der Waals surface area contributed by atoms with Crippen LogP contribution in [0.15, 0.2) is 0 Å². The molecule has 0 bridgehead atoms. The summed E-state index contributed by atoms with van der Waals surface area (Å²) in [5.41, 5.74) is 0.985. The van der Waals surface area contributed by atoms with E-state index in [4.69, 9.17) is 0 Å². The van der Waals surface area contributed by atoms with Crippen LogP contribution in [0.2, 0.25) is 0 Å². The molecule has 4 nitrogen and oxygen atoms in total. The monoisotopic (exact) mass is 225 g/mol. The lowest BCUT2D eigenvalue weighted by molar-refractivity contribution is 0.240. The fraction of sp³-hybridized carbons (Fsp3) is 0.600. The van der Waals surface area contributed by atoms with Gasteiger partial charge in [-0.3, -0.25) is 5.32 Å². The first-order valence-corrected chi connectivity index (χ1v) is 5.98. The van der Waals surface area contributed by atoms with Gasteiger partial charge in [0.15, 0.2) is 5.13 Å². The third kappa shape index (κ3) is 2.47. The smallest absolute Gasteiger partial charge is 0.321 e. The molecule has 5 heteroatoms. The van der Waals surface area contributed by atoms with Crippen molar-refractivity contribution in [3.05, 3.63) is 10.6 Å². The summed E-state index contributed by atoms with van der Waals surface area (Å²) in [6.45, 7) is 3.95. The van der Waals surface area contributed by atoms with E-state index in [1.54, 1.807) is 0 Å². The average molecular weight is 225 g/mol. The van der Waals surface area contributed by atoms with Crippen LogP contribution < -0.4 is 10.6 Å². The summed E-state index contributed by atoms with van der Waals surface area (Å²) in [5.74, 6) is 0. The van der Waals surface area contributed by atoms with E-state index in [2.05, 4.69) is 15.6 Å². The van der Waals surface area contributed by atoms with Crippen LogP contribution in [-0.4, -0.2) is 17.1 Å². The van der Waals surface area contributed by atoms with Gasteiger partial charge in [-0.1, -0.05) is 0 Å². The number of urea groups is 1. The van der Waals surface area contributed by atoms with E-state index in [1.807, 2.05) is 13.8 Å². The van der Waals surface area contributed by atoms with Gasteiger partial charge in [0.1, 0.15) is 0 Å². The molecule has 0 unspecified atom stereocenters. The van der Waals surface area contributed by atoms with Crippen molar-refractivity contribution in [2.24, 2.45) is 0 Å². The van der Waals surface area contributed by atoms with Crippen LogP contribution in [0.5, 0.6) is 0 Å². The van der Waals surface area contributed by atoms with E-state index >= 15 is 0 Å². The van der Waals surface area contributed by atoms with E-state index < -0.39 is 0 Å². The SMILES string of the molecule is Cc1nc(NC(=O)NC2CCC2)sc1C. The largest absolute Gasteiger partial charge is 0.335 e. The van der Waals surface area contributed by atoms with Gasteiger partial charge in [0.25, 0.3) is 0 Å². The van der Waals surface area contributed by atoms with Crippen molar-refractivity contribution in [3.63, 3.8) is 0 Å². The van der Waals surface area contributed by atoms with Gasteiger partial charge < -0.3 is 5.32 Å². The molecule has 1 aliphatic carbocycles. The molecular weight excluding hydrogens is 210 g/mol. The minimum Gasteiger partial charge on any atom is -0.335 e. The van der Waals surface area contributed by atoms with E-state index in [1.165, 1.54) is 17.8 Å². The number of aryl methyl sites for hydroxylation is 2. The second kappa shape index (κ2) is 4.18. The zero-order chi connectivity index (χ0) is 10.8. The molecule has 1 saturated carbocycles. The predicted octanol–water partition coefficient (Wildman–Crippen LogP) is 2.43. The molecule has 0 atom stereocenters. The molecule has 1 fully saturated rings. The van der Waals surface area contributed by atoms with Gasteiger partial charge in [0.05, 0.1) is 5.69 Å². The van der Waals surface area contributed by atoms with Crippen molar-refractivity contribution >= 4 is 22.5 Å². The summed E-state index contributed by atoms with van der Waals surface area (Å²) in [4.78, 5) is 16.9. The third-order valence-corrected chi connectivity index (χ3v) is 3.68. The molecule has 1 aliphatic rings. The van der Waals surface area contributed by atoms with E-state index in [0.29, 0.717) is 11.2 Å². The van der Waals surface area contributed by atoms with Gasteiger partial charge in [-0.15, -0.1) is 11.3 Å². The number of aromatic nitrogens is 1. The van der Waals surface area contributed by atoms with Gasteiger partial charge in [-0.05, 0) is 33.1 Å². The Morgan fingerprint density at radius 1 is 1.47 bits per heavy atom. The van der Waals surface area contributed by atoms with Crippen molar-refractivity contribution in [2.75, 3.05) is 5.32 Å². The van der Waals surface area contributed by atoms with Crippen LogP contribution in [0, 0.1) is 13.8 Å². The molecule has 0 aliphatic heterocycles. The molecule has 0 saturated heterocycles. The van der Waals surface area contributed by atoms with Crippen LogP contribution in [0.1, 0.15) is 29.8 Å². The quantitative estimate of drug-likeness (QED) is 0.812. The van der Waals surface area contributed by atoms with Crippen molar-refractivity contribution in [1.29, 1.82) is 0 Å². The number of thiazole rings is 1. The Balaban J connectivity index is 1.87. The van der Waals surface area contributed by atoms with Crippen LogP contribution in [0.4, 0.5) is 9.93 Å². The summed E-state index contributed by atoms with van der Waals surface area (Å²) >= 11 is 1.51. The van der Waals surface area contributed by atoms with Crippen molar-refractivity contribution in [2.45, 2.75) is 39.2 Å². The first-order chi connectivity index (χ1) is 7.15. The number of anilines is 1. The maximum absolute atomic E-state index is 11.5. The predicted molar refractivity (Wildman–Crippen MR) is 61.4 cm³/mol. The molecule has 0 spiro atoms. The maximum Gasteiger partial charge on any atom is 0.321 e. The summed E-state index contributed by atoms with van der Waals surface area (Å²) in [5, 5.41) is 6.35. The minimum absolute atomic E-state index is 0.131. The summed E-state index contributed by atoms with van der Waals surface area (Å²) < 4.78 is 0. The molecule has 2 N–H and O–H groups in total. The van der Waals surface area contributed by atoms with Crippen LogP contribution in [-0.2, 0) is 0 Å². The highest BCUT2D eigenvalue weighted by Crippen LogP contribution is 2.21. The third-order valence-electron chi connectivity index (χ3n) is 2.69. The topological polar surface area (TPSA) is 54.0 Å². The average Bonchev–Trinajstić information content (AvgIpc) is 2.39. The number of rotatable bonds is 2. The van der Waals surface area contributed by atoms with Crippen LogP contribution in [0.25, 0.3) is 0 Å². The first kappa shape index (κ1) is 10.4. The standard InChI is InChI=1S/C10H15N3OS/c1-6-7(2)15-10(11-6)13-9(14)12-8-4-3-5-8/h8H,3-5H2,1-2H3,(H2,11,12,13,14). The Hall–Kier alpha value is -1.10. The number of nitrogens with one attached hydrogen (secondary N) is 2. The van der Waals surface area contributed by atoms with E-state index in [9.17, 15) is 4.79 Å². The van der Waals surface area contributed by atoms with Gasteiger partial charge in [-0.25, -0.2) is 9.78 Å². The molecule has 1 heterocycles. The highest BCUT2D eigenvalue weighted by atomic mass is 32.1. The minimum atomic E-state index is -0.131. The van der Waals surface area contributed by atoms with Gasteiger partial charge in [0.2, 0.25) is 0 Å². The lowest BCUT2D eigenvalue weighted by Crippen LogP contribution is -2.41. The van der Waals surface area contributed by atoms with Crippen LogP contribution in [0.3, 0.4) is 0 Å². The van der Waals surface area contributed by atoms with Crippen molar-refractivity contribution in [1.82, 2.24) is 10.3 Å². The Morgan fingerprint density at radius 3 is 2.67 bits per heavy atom. The van der Waals surface area contributed by atoms with Crippen molar-refractivity contribution in [3.8, 4) is 0 Å². The highest BCUT2D eigenvalue weighted by molar-refractivity contribution is 7.15. The zero-order valence-corrected chi connectivity index (χ0v) is 9.78. The number of nitrogens with zero attached hydrogens (tertiary/aromatic N) is 1. The molecule has 0 radical (unpaired) electrons. The summed E-state index contributed by atoms with van der Waals surface area (Å²) in [6.07, 6.45) is 3.42. The number of hydrogen-bond donors (Lipinski definition) is 2. The second-order valence-corrected chi connectivity index (χ2v) is 5.09. The molecule has 1 aromatic rings. The molecule has 82 valence electrons. The van der Waals surface area contributed by atoms with Crippen LogP contribution >= 0.6 is 11.3 Å². The fourth-order valence-corrected chi connectivity index (χ4v) is 2.21. The molecule has 1 aromatic heterocycles. The number of hydrogen-bond acceptors (Lipinski definition) is 3. The number of amides is 2. The van der Waals surface area contributed by atoms with E-state index in [-0.39, 0.29) is 6.03 Å². The van der Waals surface area contributed by atoms with Gasteiger partial charge >= 0.3 is 6.03 Å². The highest BCUT2D eigenvalue weighted by Gasteiger charge is 2.19. The van der Waals surface area contributed by atoms with Gasteiger partial charge in [-0.2, -0.15) is 0 Å². The number of carbonyl (C=O) groups excluding carboxylic acids is 1. The lowest BCUT2D eigenvalue weighted by atomic mass is 9.93. The Bertz CT molecular complexity index is 351. The van der Waals surface area contributed by atoms with E-state index in [0.717, 1.165) is 23.4 Å². The summed E-state index contributed by atoms with van der Waals surface area (Å²) in [6, 6.07) is 0.237. The molecule has 0 aromatic carbocycles. The second-order valence-electron chi connectivity index (χ2n) is 3.89. The van der Waals surface area contributed by atoms with Crippen molar-refractivity contribution < 1.29 is 4.79 Å². The Morgan fingerprint density at radius 2 is 2.20 bits per heavy atom. The first-order valence-electron chi connectivity index (χ1n) is 5.16. The zero-order valence-electron chi connectivity index (χ0n) is 8.96.